The molecule has 4 aromatic rings. The number of carbonyl (C=O) groups is 2. The summed E-state index contributed by atoms with van der Waals surface area (Å²) in [6, 6.07) is 19.4. The number of rotatable bonds is 13. The number of Topliss-reactive ketones (excluding diaryl/α,β-unsaturated/α-hetero) is 1. The lowest BCUT2D eigenvalue weighted by molar-refractivity contribution is -0.132. The second-order valence-electron chi connectivity index (χ2n) is 12.9. The first-order valence-electron chi connectivity index (χ1n) is 16.1. The largest absolute Gasteiger partial charge is 0.493 e. The lowest BCUT2D eigenvalue weighted by atomic mass is 9.94. The summed E-state index contributed by atoms with van der Waals surface area (Å²) in [6.45, 7) is 0.556. The SMILES string of the molecule is COc1cc2c(Oc3ccc(CC(=O)C4(C(=O)Nc5ccccc5)CC4)cc3F)ccnc2cc1OCC1(NC2CCCC2)CC1. The van der Waals surface area contributed by atoms with Crippen molar-refractivity contribution in [1.82, 2.24) is 10.3 Å². The topological polar surface area (TPSA) is 98.8 Å². The fraction of sp³-hybridized carbons (Fsp3) is 0.378. The van der Waals surface area contributed by atoms with Crippen molar-refractivity contribution in [2.75, 3.05) is 19.0 Å². The molecule has 2 N–H and O–H groups in total. The van der Waals surface area contributed by atoms with Gasteiger partial charge in [0.05, 0.1) is 18.2 Å². The summed E-state index contributed by atoms with van der Waals surface area (Å²) >= 11 is 0. The number of benzene rings is 3. The summed E-state index contributed by atoms with van der Waals surface area (Å²) in [5.41, 5.74) is 0.712. The van der Waals surface area contributed by atoms with Gasteiger partial charge in [0, 0.05) is 35.8 Å². The number of nitrogens with zero attached hydrogens (tertiary/aromatic N) is 1. The maximum Gasteiger partial charge on any atom is 0.238 e. The van der Waals surface area contributed by atoms with Crippen molar-refractivity contribution < 1.29 is 28.2 Å². The van der Waals surface area contributed by atoms with E-state index >= 15 is 4.39 Å². The molecule has 0 saturated heterocycles. The number of halogens is 1. The molecule has 7 rings (SSSR count). The van der Waals surface area contributed by atoms with Crippen LogP contribution in [0, 0.1) is 11.2 Å². The molecule has 3 aliphatic carbocycles. The Hall–Kier alpha value is -4.50. The highest BCUT2D eigenvalue weighted by molar-refractivity contribution is 6.14. The van der Waals surface area contributed by atoms with E-state index in [0.29, 0.717) is 64.9 Å². The molecule has 1 aromatic heterocycles. The first-order chi connectivity index (χ1) is 22.4. The molecule has 9 heteroatoms. The van der Waals surface area contributed by atoms with Gasteiger partial charge in [-0.05, 0) is 80.5 Å². The summed E-state index contributed by atoms with van der Waals surface area (Å²) < 4.78 is 33.3. The Bertz CT molecular complexity index is 1760. The number of anilines is 1. The molecule has 0 spiro atoms. The first kappa shape index (κ1) is 30.2. The Kier molecular flexibility index (Phi) is 8.11. The maximum atomic E-state index is 15.3. The molecule has 46 heavy (non-hydrogen) atoms. The molecule has 1 heterocycles. The monoisotopic (exact) mass is 623 g/mol. The van der Waals surface area contributed by atoms with Crippen LogP contribution < -0.4 is 24.8 Å². The fourth-order valence-electron chi connectivity index (χ4n) is 6.43. The van der Waals surface area contributed by atoms with E-state index in [2.05, 4.69) is 15.6 Å². The molecule has 238 valence electrons. The lowest BCUT2D eigenvalue weighted by Crippen LogP contribution is -2.42. The Morgan fingerprint density at radius 1 is 0.913 bits per heavy atom. The number of pyridine rings is 1. The molecule has 0 atom stereocenters. The average molecular weight is 624 g/mol. The van der Waals surface area contributed by atoms with Crippen molar-refractivity contribution >= 4 is 28.3 Å². The fourth-order valence-corrected chi connectivity index (χ4v) is 6.43. The summed E-state index contributed by atoms with van der Waals surface area (Å²) in [7, 11) is 1.59. The number of methoxy groups -OCH3 is 1. The van der Waals surface area contributed by atoms with E-state index in [1.54, 1.807) is 43.6 Å². The van der Waals surface area contributed by atoms with E-state index in [-0.39, 0.29) is 29.4 Å². The van der Waals surface area contributed by atoms with E-state index in [9.17, 15) is 9.59 Å². The molecule has 0 unspecified atom stereocenters. The van der Waals surface area contributed by atoms with Crippen molar-refractivity contribution in [2.45, 2.75) is 69.4 Å². The molecular weight excluding hydrogens is 585 g/mol. The van der Waals surface area contributed by atoms with Gasteiger partial charge in [0.1, 0.15) is 17.8 Å². The van der Waals surface area contributed by atoms with Gasteiger partial charge in [0.15, 0.2) is 28.8 Å². The van der Waals surface area contributed by atoms with Crippen LogP contribution in [-0.4, -0.2) is 42.0 Å². The number of para-hydroxylation sites is 1. The van der Waals surface area contributed by atoms with Crippen LogP contribution in [0.15, 0.2) is 72.9 Å². The molecule has 0 bridgehead atoms. The van der Waals surface area contributed by atoms with Crippen LogP contribution in [0.1, 0.15) is 56.9 Å². The van der Waals surface area contributed by atoms with Gasteiger partial charge in [-0.2, -0.15) is 0 Å². The average Bonchev–Trinajstić information content (AvgIpc) is 3.98. The number of fused-ring (bicyclic) bond motifs is 1. The second kappa shape index (κ2) is 12.4. The minimum Gasteiger partial charge on any atom is -0.493 e. The van der Waals surface area contributed by atoms with E-state index in [4.69, 9.17) is 14.2 Å². The van der Waals surface area contributed by atoms with Crippen LogP contribution in [0.2, 0.25) is 0 Å². The predicted molar refractivity (Wildman–Crippen MR) is 173 cm³/mol. The third-order valence-electron chi connectivity index (χ3n) is 9.54. The highest BCUT2D eigenvalue weighted by Gasteiger charge is 2.55. The van der Waals surface area contributed by atoms with Gasteiger partial charge in [-0.25, -0.2) is 4.39 Å². The number of hydrogen-bond acceptors (Lipinski definition) is 7. The van der Waals surface area contributed by atoms with Gasteiger partial charge >= 0.3 is 0 Å². The van der Waals surface area contributed by atoms with Crippen LogP contribution in [0.25, 0.3) is 10.9 Å². The van der Waals surface area contributed by atoms with E-state index in [1.807, 2.05) is 24.3 Å². The quantitative estimate of drug-likeness (QED) is 0.153. The molecule has 1 amide bonds. The van der Waals surface area contributed by atoms with Gasteiger partial charge in [0.25, 0.3) is 0 Å². The highest BCUT2D eigenvalue weighted by Crippen LogP contribution is 2.48. The number of ether oxygens (including phenoxy) is 3. The summed E-state index contributed by atoms with van der Waals surface area (Å²) in [5, 5.41) is 7.30. The van der Waals surface area contributed by atoms with Crippen LogP contribution >= 0.6 is 0 Å². The van der Waals surface area contributed by atoms with Crippen LogP contribution in [0.5, 0.6) is 23.0 Å². The standard InChI is InChI=1S/C37H38FN3O5/c1-44-32-21-27-29(22-33(32)45-23-36(14-15-36)41-26-9-5-6-10-26)39-18-13-30(27)46-31-12-11-24(19-28(31)38)20-34(42)37(16-17-37)35(43)40-25-7-3-2-4-8-25/h2-4,7-8,11-13,18-19,21-22,26,41H,5-6,9-10,14-17,20,23H2,1H3,(H,40,43). The third kappa shape index (κ3) is 6.29. The highest BCUT2D eigenvalue weighted by atomic mass is 19.1. The van der Waals surface area contributed by atoms with Crippen LogP contribution in [0.4, 0.5) is 10.1 Å². The van der Waals surface area contributed by atoms with Crippen molar-refractivity contribution in [3.8, 4) is 23.0 Å². The number of aromatic nitrogens is 1. The Morgan fingerprint density at radius 3 is 2.39 bits per heavy atom. The van der Waals surface area contributed by atoms with Gasteiger partial charge in [0.2, 0.25) is 5.91 Å². The van der Waals surface area contributed by atoms with Crippen LogP contribution in [0.3, 0.4) is 0 Å². The zero-order chi connectivity index (χ0) is 31.7. The van der Waals surface area contributed by atoms with Crippen LogP contribution in [-0.2, 0) is 16.0 Å². The number of hydrogen-bond donors (Lipinski definition) is 2. The smallest absolute Gasteiger partial charge is 0.238 e. The number of carbonyl (C=O) groups excluding carboxylic acids is 2. The molecule has 3 saturated carbocycles. The second-order valence-corrected chi connectivity index (χ2v) is 12.9. The molecule has 0 aliphatic heterocycles. The molecule has 3 fully saturated rings. The van der Waals surface area contributed by atoms with E-state index < -0.39 is 11.2 Å². The molecule has 8 nitrogen and oxygen atoms in total. The predicted octanol–water partition coefficient (Wildman–Crippen LogP) is 7.15. The Balaban J connectivity index is 1.03. The maximum absolute atomic E-state index is 15.3. The molecule has 3 aliphatic rings. The Morgan fingerprint density at radius 2 is 1.70 bits per heavy atom. The van der Waals surface area contributed by atoms with Crippen molar-refractivity contribution in [1.29, 1.82) is 0 Å². The number of nitrogens with one attached hydrogen (secondary N) is 2. The normalized spacial score (nSPS) is 17.8. The van der Waals surface area contributed by atoms with Crippen molar-refractivity contribution in [3.63, 3.8) is 0 Å². The van der Waals surface area contributed by atoms with E-state index in [0.717, 1.165) is 12.8 Å². The molecule has 3 aromatic carbocycles. The summed E-state index contributed by atoms with van der Waals surface area (Å²) in [6.07, 6.45) is 9.74. The minimum atomic E-state index is -1.06. The van der Waals surface area contributed by atoms with Crippen molar-refractivity contribution in [3.05, 3.63) is 84.3 Å². The van der Waals surface area contributed by atoms with Crippen molar-refractivity contribution in [2.24, 2.45) is 5.41 Å². The zero-order valence-corrected chi connectivity index (χ0v) is 25.9. The minimum absolute atomic E-state index is 0.0135. The summed E-state index contributed by atoms with van der Waals surface area (Å²) in [4.78, 5) is 30.6. The van der Waals surface area contributed by atoms with Gasteiger partial charge in [-0.15, -0.1) is 0 Å². The first-order valence-corrected chi connectivity index (χ1v) is 16.1. The number of amides is 1. The van der Waals surface area contributed by atoms with E-state index in [1.165, 1.54) is 37.8 Å². The molecule has 0 radical (unpaired) electrons. The van der Waals surface area contributed by atoms with Gasteiger partial charge in [-0.3, -0.25) is 14.6 Å². The summed E-state index contributed by atoms with van der Waals surface area (Å²) in [5.74, 6) is 0.428. The van der Waals surface area contributed by atoms with Gasteiger partial charge < -0.3 is 24.8 Å². The third-order valence-corrected chi connectivity index (χ3v) is 9.54. The molecular formula is C37H38FN3O5. The zero-order valence-electron chi connectivity index (χ0n) is 25.9. The number of ketones is 1. The lowest BCUT2D eigenvalue weighted by Gasteiger charge is -2.23. The van der Waals surface area contributed by atoms with Gasteiger partial charge in [-0.1, -0.05) is 37.1 Å². The Labute approximate surface area is 267 Å².